The third kappa shape index (κ3) is 22.1. The van der Waals surface area contributed by atoms with E-state index in [9.17, 15) is 0 Å². The van der Waals surface area contributed by atoms with E-state index in [1.54, 1.807) is 0 Å². The molecular weight excluding hydrogens is 467 g/mol. The first-order valence-corrected chi connectivity index (χ1v) is 20.0. The summed E-state index contributed by atoms with van der Waals surface area (Å²) in [5.74, 6) is 0. The highest BCUT2D eigenvalue weighted by Crippen LogP contribution is 2.23. The van der Waals surface area contributed by atoms with E-state index in [1.807, 2.05) is 0 Å². The number of hydrogen-bond donors (Lipinski definition) is 1. The Morgan fingerprint density at radius 2 is 1.17 bits per heavy atom. The van der Waals surface area contributed by atoms with Crippen molar-refractivity contribution in [3.05, 3.63) is 0 Å². The van der Waals surface area contributed by atoms with Crippen LogP contribution in [0.25, 0.3) is 0 Å². The highest BCUT2D eigenvalue weighted by molar-refractivity contribution is 6.76. The smallest absolute Gasteiger partial charge is 0.286 e. The molecular formula is C17H49NO5Si6. The van der Waals surface area contributed by atoms with Crippen molar-refractivity contribution in [3.8, 4) is 0 Å². The monoisotopic (exact) mass is 515 g/mol. The molecule has 0 aromatic carbocycles. The summed E-state index contributed by atoms with van der Waals surface area (Å²) in [6, 6.07) is 2.42. The van der Waals surface area contributed by atoms with E-state index in [4.69, 9.17) is 26.3 Å². The van der Waals surface area contributed by atoms with Gasteiger partial charge in [0.05, 0.1) is 0 Å². The maximum absolute atomic E-state index is 6.37. The fourth-order valence-corrected chi connectivity index (χ4v) is 15.0. The molecule has 0 bridgehead atoms. The van der Waals surface area contributed by atoms with Gasteiger partial charge >= 0.3 is 0 Å². The molecule has 0 amide bonds. The molecule has 0 saturated carbocycles. The van der Waals surface area contributed by atoms with Gasteiger partial charge in [-0.05, 0) is 31.6 Å². The number of nitrogens with two attached hydrogens (primary N) is 1. The van der Waals surface area contributed by atoms with Gasteiger partial charge < -0.3 is 26.3 Å². The van der Waals surface area contributed by atoms with Gasteiger partial charge in [-0.15, -0.1) is 0 Å². The molecule has 0 fully saturated rings. The van der Waals surface area contributed by atoms with Crippen LogP contribution in [0.2, 0.25) is 18.6 Å². The molecule has 6 nitrogen and oxygen atoms in total. The van der Waals surface area contributed by atoms with Crippen LogP contribution >= 0.6 is 0 Å². The van der Waals surface area contributed by atoms with E-state index >= 15 is 0 Å². The van der Waals surface area contributed by atoms with Crippen molar-refractivity contribution in [1.29, 1.82) is 0 Å². The van der Waals surface area contributed by atoms with Gasteiger partial charge in [-0.2, -0.15) is 0 Å². The van der Waals surface area contributed by atoms with Crippen molar-refractivity contribution in [2.24, 2.45) is 5.73 Å². The number of hydrogen-bond acceptors (Lipinski definition) is 6. The Kier molecular flexibility index (Phi) is 24.6. The fourth-order valence-electron chi connectivity index (χ4n) is 3.40. The standard InChI is InChI=1S/C17H49NO5Si6/c1-3-4-5-6-7-8-9-10-11-12-13-16-29(2,17-14-15-18)23-28-22-27-21-26-20-25-19-24/h3-18,25-28H2,1-2,24H3. The topological polar surface area (TPSA) is 72.2 Å². The summed E-state index contributed by atoms with van der Waals surface area (Å²) in [7, 11) is -4.27. The molecule has 1 unspecified atom stereocenters. The maximum Gasteiger partial charge on any atom is 0.286 e. The van der Waals surface area contributed by atoms with Crippen molar-refractivity contribution in [2.75, 3.05) is 6.54 Å². The fraction of sp³-hybridized carbons (Fsp3) is 1.00. The average Bonchev–Trinajstić information content (AvgIpc) is 2.72. The van der Waals surface area contributed by atoms with E-state index in [2.05, 4.69) is 13.5 Å². The Bertz CT molecular complexity index is 339. The molecule has 0 saturated heterocycles. The minimum atomic E-state index is -1.65. The second kappa shape index (κ2) is 23.7. The molecule has 2 N–H and O–H groups in total. The molecule has 0 aromatic rings. The second-order valence-electron chi connectivity index (χ2n) is 8.14. The first-order chi connectivity index (χ1) is 14.2. The summed E-state index contributed by atoms with van der Waals surface area (Å²) >= 11 is 0. The lowest BCUT2D eigenvalue weighted by molar-refractivity contribution is 0.383. The van der Waals surface area contributed by atoms with E-state index in [1.165, 1.54) is 82.7 Å². The second-order valence-corrected chi connectivity index (χ2v) is 21.4. The van der Waals surface area contributed by atoms with Gasteiger partial charge in [-0.1, -0.05) is 77.6 Å². The Balaban J connectivity index is 3.72. The van der Waals surface area contributed by atoms with Crippen LogP contribution in [-0.4, -0.2) is 65.4 Å². The summed E-state index contributed by atoms with van der Waals surface area (Å²) in [5, 5.41) is 0. The zero-order chi connectivity index (χ0) is 21.5. The predicted octanol–water partition coefficient (Wildman–Crippen LogP) is 0.580. The minimum Gasteiger partial charge on any atom is -0.449 e. The van der Waals surface area contributed by atoms with Gasteiger partial charge in [0.1, 0.15) is 10.5 Å². The molecule has 0 heterocycles. The number of unbranched alkanes of at least 4 members (excludes halogenated alkanes) is 10. The van der Waals surface area contributed by atoms with Gasteiger partial charge in [0.15, 0.2) is 8.32 Å². The molecule has 29 heavy (non-hydrogen) atoms. The van der Waals surface area contributed by atoms with Gasteiger partial charge in [-0.25, -0.2) is 0 Å². The molecule has 0 aliphatic rings. The number of rotatable bonds is 24. The van der Waals surface area contributed by atoms with E-state index in [0.717, 1.165) is 23.5 Å². The molecule has 0 aromatic heterocycles. The normalized spacial score (nSPS) is 15.4. The van der Waals surface area contributed by atoms with Crippen LogP contribution in [0.15, 0.2) is 0 Å². The van der Waals surface area contributed by atoms with Crippen molar-refractivity contribution in [1.82, 2.24) is 0 Å². The maximum atomic E-state index is 6.37. The van der Waals surface area contributed by atoms with E-state index in [0.29, 0.717) is 0 Å². The Morgan fingerprint density at radius 3 is 1.72 bits per heavy atom. The molecule has 0 aliphatic carbocycles. The minimum absolute atomic E-state index is 0.734. The Hall–Kier alpha value is 1.06. The van der Waals surface area contributed by atoms with Gasteiger partial charge in [-0.3, -0.25) is 0 Å². The predicted molar refractivity (Wildman–Crippen MR) is 141 cm³/mol. The first-order valence-electron chi connectivity index (χ1n) is 11.7. The lowest BCUT2D eigenvalue weighted by Crippen LogP contribution is -2.37. The SMILES string of the molecule is CCCCCCCCCCCCC[Si](C)(CCCN)O[SiH2]O[SiH2]O[SiH2]O[SiH2]O[SiH3]. The Labute approximate surface area is 194 Å². The molecule has 0 radical (unpaired) electrons. The quantitative estimate of drug-likeness (QED) is 0.150. The summed E-state index contributed by atoms with van der Waals surface area (Å²) in [5.41, 5.74) is 5.75. The highest BCUT2D eigenvalue weighted by atomic mass is 28.4. The molecule has 0 rings (SSSR count). The van der Waals surface area contributed by atoms with Crippen LogP contribution < -0.4 is 5.73 Å². The summed E-state index contributed by atoms with van der Waals surface area (Å²) < 4.78 is 28.2. The van der Waals surface area contributed by atoms with Crippen molar-refractivity contribution in [2.45, 2.75) is 103 Å². The van der Waals surface area contributed by atoms with E-state index < -0.39 is 48.3 Å². The zero-order valence-electron chi connectivity index (χ0n) is 19.6. The Morgan fingerprint density at radius 1 is 0.690 bits per heavy atom. The van der Waals surface area contributed by atoms with E-state index in [-0.39, 0.29) is 0 Å². The lowest BCUT2D eigenvalue weighted by atomic mass is 10.1. The van der Waals surface area contributed by atoms with Gasteiger partial charge in [0, 0.05) is 0 Å². The third-order valence-corrected chi connectivity index (χ3v) is 16.3. The largest absolute Gasteiger partial charge is 0.449 e. The van der Waals surface area contributed by atoms with Gasteiger partial charge in [0.25, 0.3) is 40.0 Å². The molecule has 0 spiro atoms. The zero-order valence-corrected chi connectivity index (χ0v) is 28.2. The van der Waals surface area contributed by atoms with Crippen LogP contribution in [0.1, 0.15) is 84.0 Å². The van der Waals surface area contributed by atoms with Crippen LogP contribution in [-0.2, 0) is 20.6 Å². The molecule has 12 heteroatoms. The first kappa shape index (κ1) is 30.1. The van der Waals surface area contributed by atoms with Crippen LogP contribution in [0, 0.1) is 0 Å². The average molecular weight is 516 g/mol. The molecule has 176 valence electrons. The van der Waals surface area contributed by atoms with Crippen LogP contribution in [0.5, 0.6) is 0 Å². The molecule has 0 aliphatic heterocycles. The summed E-state index contributed by atoms with van der Waals surface area (Å²) in [6.45, 7) is 5.42. The summed E-state index contributed by atoms with van der Waals surface area (Å²) in [4.78, 5) is 0. The third-order valence-electron chi connectivity index (χ3n) is 5.24. The van der Waals surface area contributed by atoms with Crippen LogP contribution in [0.4, 0.5) is 0 Å². The lowest BCUT2D eigenvalue weighted by Gasteiger charge is -2.28. The van der Waals surface area contributed by atoms with Crippen molar-refractivity contribution in [3.63, 3.8) is 0 Å². The van der Waals surface area contributed by atoms with Gasteiger partial charge in [0.2, 0.25) is 0 Å². The molecule has 1 atom stereocenters. The summed E-state index contributed by atoms with van der Waals surface area (Å²) in [6.07, 6.45) is 16.4. The highest BCUT2D eigenvalue weighted by Gasteiger charge is 2.27. The van der Waals surface area contributed by atoms with Crippen LogP contribution in [0.3, 0.4) is 0 Å². The van der Waals surface area contributed by atoms with Crippen molar-refractivity contribution >= 4 is 58.8 Å². The van der Waals surface area contributed by atoms with Crippen molar-refractivity contribution < 1.29 is 20.6 Å².